The quantitative estimate of drug-likeness (QED) is 0.427. The molecule has 0 radical (unpaired) electrons. The van der Waals surface area contributed by atoms with E-state index in [-0.39, 0.29) is 5.91 Å². The van der Waals surface area contributed by atoms with Crippen LogP contribution in [0.4, 0.5) is 5.69 Å². The first-order chi connectivity index (χ1) is 12.9. The molecule has 0 fully saturated rings. The molecule has 7 heteroatoms. The van der Waals surface area contributed by atoms with Gasteiger partial charge in [-0.2, -0.15) is 0 Å². The van der Waals surface area contributed by atoms with Crippen LogP contribution in [0.5, 0.6) is 5.75 Å². The Hall–Kier alpha value is -2.14. The second-order valence-electron chi connectivity index (χ2n) is 5.88. The zero-order valence-electron chi connectivity index (χ0n) is 14.4. The molecule has 3 aromatic rings. The van der Waals surface area contributed by atoms with Gasteiger partial charge < -0.3 is 15.4 Å². The average molecular weight is 424 g/mol. The first-order valence-corrected chi connectivity index (χ1v) is 9.27. The second-order valence-corrected chi connectivity index (χ2v) is 8.25. The lowest BCUT2D eigenvalue weighted by molar-refractivity contribution is 0.0942. The molecule has 0 aromatic heterocycles. The molecule has 0 unspecified atom stereocenters. The first-order valence-electron chi connectivity index (χ1n) is 8.14. The van der Waals surface area contributed by atoms with Crippen molar-refractivity contribution in [3.63, 3.8) is 0 Å². The Morgan fingerprint density at radius 2 is 1.63 bits per heavy atom. The maximum Gasteiger partial charge on any atom is 0.252 e. The van der Waals surface area contributed by atoms with E-state index in [2.05, 4.69) is 10.6 Å². The number of alkyl halides is 3. The Labute approximate surface area is 172 Å². The molecule has 0 aliphatic carbocycles. The summed E-state index contributed by atoms with van der Waals surface area (Å²) in [6, 6.07) is 20.3. The highest BCUT2D eigenvalue weighted by atomic mass is 35.6. The van der Waals surface area contributed by atoms with Gasteiger partial charge >= 0.3 is 0 Å². The minimum atomic E-state index is -1.76. The molecule has 1 amide bonds. The number of carbonyl (C=O) groups excluding carboxylic acids is 1. The van der Waals surface area contributed by atoms with Gasteiger partial charge in [0.25, 0.3) is 5.91 Å². The van der Waals surface area contributed by atoms with Crippen LogP contribution in [0, 0.1) is 0 Å². The van der Waals surface area contributed by atoms with Crippen LogP contribution in [0.2, 0.25) is 0 Å². The molecule has 4 nitrogen and oxygen atoms in total. The summed E-state index contributed by atoms with van der Waals surface area (Å²) in [5, 5.41) is 7.93. The lowest BCUT2D eigenvalue weighted by atomic mass is 10.1. The van der Waals surface area contributed by atoms with Crippen LogP contribution in [0.15, 0.2) is 66.7 Å². The summed E-state index contributed by atoms with van der Waals surface area (Å²) in [7, 11) is 1.56. The molecule has 1 atom stereocenters. The standard InChI is InChI=1S/C20H17Cl3N2O2/c1-27-17-10-7-14(8-11-17)18(26)25-19(20(21,22)23)24-16-9-6-13-4-2-3-5-15(13)12-16/h2-12,19,24H,1H3,(H,25,26)/t19-/m0/s1. The van der Waals surface area contributed by atoms with Crippen molar-refractivity contribution < 1.29 is 9.53 Å². The van der Waals surface area contributed by atoms with Gasteiger partial charge in [-0.05, 0) is 47.2 Å². The lowest BCUT2D eigenvalue weighted by Gasteiger charge is -2.27. The molecule has 0 saturated carbocycles. The fourth-order valence-electron chi connectivity index (χ4n) is 2.60. The molecule has 0 bridgehead atoms. The number of hydrogen-bond acceptors (Lipinski definition) is 3. The van der Waals surface area contributed by atoms with Crippen molar-refractivity contribution in [1.29, 1.82) is 0 Å². The average Bonchev–Trinajstić information content (AvgIpc) is 2.66. The van der Waals surface area contributed by atoms with E-state index < -0.39 is 9.96 Å². The Morgan fingerprint density at radius 3 is 2.26 bits per heavy atom. The van der Waals surface area contributed by atoms with E-state index in [1.165, 1.54) is 0 Å². The number of fused-ring (bicyclic) bond motifs is 1. The number of nitrogens with one attached hydrogen (secondary N) is 2. The van der Waals surface area contributed by atoms with E-state index in [0.717, 1.165) is 16.5 Å². The summed E-state index contributed by atoms with van der Waals surface area (Å²) < 4.78 is 3.33. The van der Waals surface area contributed by atoms with Gasteiger partial charge in [0.1, 0.15) is 11.9 Å². The fraction of sp³-hybridized carbons (Fsp3) is 0.150. The molecule has 140 valence electrons. The van der Waals surface area contributed by atoms with E-state index >= 15 is 0 Å². The normalized spacial score (nSPS) is 12.4. The van der Waals surface area contributed by atoms with Gasteiger partial charge in [0.2, 0.25) is 3.79 Å². The van der Waals surface area contributed by atoms with Crippen molar-refractivity contribution in [2.75, 3.05) is 12.4 Å². The second kappa shape index (κ2) is 8.26. The smallest absolute Gasteiger partial charge is 0.252 e. The molecule has 27 heavy (non-hydrogen) atoms. The van der Waals surface area contributed by atoms with Crippen molar-refractivity contribution >= 4 is 57.2 Å². The monoisotopic (exact) mass is 422 g/mol. The maximum absolute atomic E-state index is 12.5. The summed E-state index contributed by atoms with van der Waals surface area (Å²) >= 11 is 18.2. The van der Waals surface area contributed by atoms with E-state index in [4.69, 9.17) is 39.5 Å². The lowest BCUT2D eigenvalue weighted by Crippen LogP contribution is -2.49. The Balaban J connectivity index is 1.79. The maximum atomic E-state index is 12.5. The summed E-state index contributed by atoms with van der Waals surface area (Å²) in [5.41, 5.74) is 1.15. The predicted octanol–water partition coefficient (Wildman–Crippen LogP) is 5.39. The zero-order valence-corrected chi connectivity index (χ0v) is 16.6. The largest absolute Gasteiger partial charge is 0.497 e. The molecule has 0 heterocycles. The number of anilines is 1. The number of amides is 1. The Morgan fingerprint density at radius 1 is 0.963 bits per heavy atom. The van der Waals surface area contributed by atoms with Crippen LogP contribution >= 0.6 is 34.8 Å². The molecule has 0 aliphatic heterocycles. The number of rotatable bonds is 5. The van der Waals surface area contributed by atoms with Crippen LogP contribution in [-0.4, -0.2) is 23.0 Å². The number of benzene rings is 3. The third kappa shape index (κ3) is 4.98. The molecule has 0 saturated heterocycles. The van der Waals surface area contributed by atoms with Crippen LogP contribution in [0.3, 0.4) is 0 Å². The van der Waals surface area contributed by atoms with Crippen molar-refractivity contribution in [3.8, 4) is 5.75 Å². The number of carbonyl (C=O) groups is 1. The van der Waals surface area contributed by atoms with Crippen molar-refractivity contribution in [2.24, 2.45) is 0 Å². The Bertz CT molecular complexity index is 940. The molecule has 0 aliphatic rings. The van der Waals surface area contributed by atoms with Crippen LogP contribution in [0.25, 0.3) is 10.8 Å². The molecular formula is C20H17Cl3N2O2. The molecular weight excluding hydrogens is 407 g/mol. The molecule has 0 spiro atoms. The minimum Gasteiger partial charge on any atom is -0.497 e. The number of methoxy groups -OCH3 is 1. The van der Waals surface area contributed by atoms with Gasteiger partial charge in [-0.1, -0.05) is 65.1 Å². The topological polar surface area (TPSA) is 50.4 Å². The highest BCUT2D eigenvalue weighted by molar-refractivity contribution is 6.68. The van der Waals surface area contributed by atoms with Gasteiger partial charge in [-0.25, -0.2) is 0 Å². The van der Waals surface area contributed by atoms with Crippen molar-refractivity contribution in [2.45, 2.75) is 9.96 Å². The molecule has 3 aromatic carbocycles. The van der Waals surface area contributed by atoms with Gasteiger partial charge in [-0.3, -0.25) is 4.79 Å². The predicted molar refractivity (Wildman–Crippen MR) is 112 cm³/mol. The summed E-state index contributed by atoms with van der Waals surface area (Å²) in [4.78, 5) is 12.5. The van der Waals surface area contributed by atoms with E-state index in [1.807, 2.05) is 42.5 Å². The van der Waals surface area contributed by atoms with E-state index in [1.54, 1.807) is 31.4 Å². The van der Waals surface area contributed by atoms with Crippen LogP contribution in [0.1, 0.15) is 10.4 Å². The first kappa shape index (κ1) is 19.6. The summed E-state index contributed by atoms with van der Waals surface area (Å²) in [6.07, 6.45) is -0.932. The SMILES string of the molecule is COc1ccc(C(=O)N[C@H](Nc2ccc3ccccc3c2)C(Cl)(Cl)Cl)cc1. The fourth-order valence-corrected chi connectivity index (χ4v) is 2.93. The van der Waals surface area contributed by atoms with Crippen LogP contribution < -0.4 is 15.4 Å². The third-order valence-electron chi connectivity index (χ3n) is 4.02. The van der Waals surface area contributed by atoms with Crippen LogP contribution in [-0.2, 0) is 0 Å². The molecule has 2 N–H and O–H groups in total. The van der Waals surface area contributed by atoms with Gasteiger partial charge in [0.05, 0.1) is 7.11 Å². The van der Waals surface area contributed by atoms with Gasteiger partial charge in [0, 0.05) is 11.3 Å². The minimum absolute atomic E-state index is 0.373. The summed E-state index contributed by atoms with van der Waals surface area (Å²) in [6.45, 7) is 0. The van der Waals surface area contributed by atoms with Crippen molar-refractivity contribution in [1.82, 2.24) is 5.32 Å². The zero-order chi connectivity index (χ0) is 19.4. The van der Waals surface area contributed by atoms with E-state index in [0.29, 0.717) is 11.3 Å². The summed E-state index contributed by atoms with van der Waals surface area (Å²) in [5.74, 6) is 0.279. The number of hydrogen-bond donors (Lipinski definition) is 2. The van der Waals surface area contributed by atoms with Crippen molar-refractivity contribution in [3.05, 3.63) is 72.3 Å². The number of halogens is 3. The third-order valence-corrected chi connectivity index (χ3v) is 4.67. The number of ether oxygens (including phenoxy) is 1. The van der Waals surface area contributed by atoms with E-state index in [9.17, 15) is 4.79 Å². The highest BCUT2D eigenvalue weighted by Gasteiger charge is 2.34. The Kier molecular flexibility index (Phi) is 6.00. The van der Waals surface area contributed by atoms with Gasteiger partial charge in [0.15, 0.2) is 0 Å². The highest BCUT2D eigenvalue weighted by Crippen LogP contribution is 2.32. The molecule has 3 rings (SSSR count). The van der Waals surface area contributed by atoms with Gasteiger partial charge in [-0.15, -0.1) is 0 Å².